The predicted molar refractivity (Wildman–Crippen MR) is 80.6 cm³/mol. The molecule has 0 aromatic heterocycles. The van der Waals surface area contributed by atoms with E-state index in [2.05, 4.69) is 52.7 Å². The Morgan fingerprint density at radius 3 is 2.53 bits per heavy atom. The van der Waals surface area contributed by atoms with E-state index < -0.39 is 0 Å². The average molecular weight is 287 g/mol. The van der Waals surface area contributed by atoms with Gasteiger partial charge in [0.2, 0.25) is 0 Å². The van der Waals surface area contributed by atoms with Gasteiger partial charge in [0.25, 0.3) is 0 Å². The third-order valence-electron chi connectivity index (χ3n) is 3.28. The van der Waals surface area contributed by atoms with Gasteiger partial charge in [0, 0.05) is 13.1 Å². The summed E-state index contributed by atoms with van der Waals surface area (Å²) in [5, 5.41) is 0. The molecule has 0 unspecified atom stereocenters. The van der Waals surface area contributed by atoms with Crippen molar-refractivity contribution in [3.8, 4) is 0 Å². The maximum Gasteiger partial charge on any atom is 1.00 e. The van der Waals surface area contributed by atoms with Crippen LogP contribution in [-0.2, 0) is 4.74 Å². The van der Waals surface area contributed by atoms with Gasteiger partial charge in [-0.3, -0.25) is 0 Å². The van der Waals surface area contributed by atoms with E-state index >= 15 is 0 Å². The molecule has 19 heavy (non-hydrogen) atoms. The molecule has 5 heteroatoms. The van der Waals surface area contributed by atoms with Crippen molar-refractivity contribution in [2.24, 2.45) is 0 Å². The van der Waals surface area contributed by atoms with Crippen LogP contribution in [0, 0.1) is 6.07 Å². The molecule has 0 spiro atoms. The Hall–Kier alpha value is 0.277. The van der Waals surface area contributed by atoms with Crippen LogP contribution in [0.4, 0.5) is 5.69 Å². The smallest absolute Gasteiger partial charge is 0.419 e. The van der Waals surface area contributed by atoms with Gasteiger partial charge in [0.05, 0.1) is 17.8 Å². The number of thioether (sulfide) groups is 2. The second kappa shape index (κ2) is 7.90. The molecule has 1 aromatic rings. The van der Waals surface area contributed by atoms with Crippen LogP contribution in [0.1, 0.15) is 16.6 Å². The summed E-state index contributed by atoms with van der Waals surface area (Å²) in [6.07, 6.45) is 1.34. The van der Waals surface area contributed by atoms with Crippen LogP contribution in [-0.4, -0.2) is 37.8 Å². The van der Waals surface area contributed by atoms with E-state index in [-0.39, 0.29) is 18.9 Å². The largest absolute Gasteiger partial charge is 1.00 e. The quantitative estimate of drug-likeness (QED) is 0.569. The van der Waals surface area contributed by atoms with E-state index in [9.17, 15) is 0 Å². The summed E-state index contributed by atoms with van der Waals surface area (Å²) in [6.45, 7) is 3.69. The van der Waals surface area contributed by atoms with Gasteiger partial charge in [-0.05, 0) is 17.9 Å². The molecular weight excluding hydrogens is 269 g/mol. The Labute approximate surface area is 136 Å². The summed E-state index contributed by atoms with van der Waals surface area (Å²) in [5.41, 5.74) is 2.63. The fourth-order valence-corrected chi connectivity index (χ4v) is 5.11. The normalized spacial score (nSPS) is 20.9. The van der Waals surface area contributed by atoms with E-state index in [1.807, 2.05) is 0 Å². The first-order valence-electron chi connectivity index (χ1n) is 6.51. The second-order valence-electron chi connectivity index (χ2n) is 4.53. The summed E-state index contributed by atoms with van der Waals surface area (Å²) >= 11 is 4.11. The van der Waals surface area contributed by atoms with Gasteiger partial charge in [-0.1, -0.05) is 5.69 Å². The summed E-state index contributed by atoms with van der Waals surface area (Å²) in [4.78, 5) is 2.38. The molecule has 0 bridgehead atoms. The molecule has 0 amide bonds. The van der Waals surface area contributed by atoms with Crippen LogP contribution >= 0.6 is 23.5 Å². The fourth-order valence-electron chi connectivity index (χ4n) is 2.26. The van der Waals surface area contributed by atoms with Gasteiger partial charge in [-0.2, -0.15) is 18.2 Å². The molecule has 2 nitrogen and oxygen atoms in total. The first-order valence-corrected chi connectivity index (χ1v) is 8.61. The van der Waals surface area contributed by atoms with Crippen LogP contribution in [0.3, 0.4) is 0 Å². The van der Waals surface area contributed by atoms with Gasteiger partial charge in [0.15, 0.2) is 0 Å². The Morgan fingerprint density at radius 2 is 1.89 bits per heavy atom. The molecule has 0 atom stereocenters. The molecule has 0 radical (unpaired) electrons. The van der Waals surface area contributed by atoms with Crippen molar-refractivity contribution in [1.82, 2.24) is 0 Å². The molecule has 0 saturated carbocycles. The molecule has 2 saturated heterocycles. The molecular formula is C14H18LiNOS2. The van der Waals surface area contributed by atoms with Crippen LogP contribution in [0.5, 0.6) is 0 Å². The predicted octanol–water partition coefficient (Wildman–Crippen LogP) is 0.196. The summed E-state index contributed by atoms with van der Waals surface area (Å²) < 4.78 is 5.98. The third-order valence-corrected chi connectivity index (χ3v) is 6.26. The van der Waals surface area contributed by atoms with Crippen molar-refractivity contribution < 1.29 is 23.6 Å². The topological polar surface area (TPSA) is 12.5 Å². The van der Waals surface area contributed by atoms with Crippen molar-refractivity contribution in [2.45, 2.75) is 11.0 Å². The minimum atomic E-state index is 0. The zero-order valence-corrected chi connectivity index (χ0v) is 13.1. The minimum absolute atomic E-state index is 0. The van der Waals surface area contributed by atoms with E-state index in [1.54, 1.807) is 0 Å². The number of rotatable bonds is 2. The zero-order chi connectivity index (χ0) is 12.2. The number of benzene rings is 1. The number of anilines is 1. The molecule has 2 heterocycles. The zero-order valence-electron chi connectivity index (χ0n) is 11.4. The van der Waals surface area contributed by atoms with Crippen LogP contribution in [0.25, 0.3) is 0 Å². The van der Waals surface area contributed by atoms with Crippen molar-refractivity contribution in [3.05, 3.63) is 29.8 Å². The Kier molecular flexibility index (Phi) is 6.51. The monoisotopic (exact) mass is 287 g/mol. The SMILES string of the molecule is [Li+].[c-]1cc(N2CCOCC2)ccc1C1SCCCS1. The van der Waals surface area contributed by atoms with E-state index in [4.69, 9.17) is 4.74 Å². The Morgan fingerprint density at radius 1 is 1.16 bits per heavy atom. The number of hydrogen-bond acceptors (Lipinski definition) is 4. The number of nitrogens with zero attached hydrogens (tertiary/aromatic N) is 1. The molecule has 1 aromatic carbocycles. The van der Waals surface area contributed by atoms with Crippen molar-refractivity contribution >= 4 is 29.2 Å². The molecule has 0 aliphatic carbocycles. The number of morpholine rings is 1. The van der Waals surface area contributed by atoms with E-state index in [1.165, 1.54) is 29.2 Å². The van der Waals surface area contributed by atoms with E-state index in [0.29, 0.717) is 4.58 Å². The number of ether oxygens (including phenoxy) is 1. The molecule has 2 fully saturated rings. The first-order chi connectivity index (χ1) is 8.93. The van der Waals surface area contributed by atoms with Gasteiger partial charge in [0.1, 0.15) is 0 Å². The minimum Gasteiger partial charge on any atom is -0.419 e. The first kappa shape index (κ1) is 15.7. The van der Waals surface area contributed by atoms with Gasteiger partial charge in [-0.15, -0.1) is 35.2 Å². The molecule has 3 rings (SSSR count). The maximum atomic E-state index is 5.38. The number of hydrogen-bond donors (Lipinski definition) is 0. The maximum absolute atomic E-state index is 5.38. The van der Waals surface area contributed by atoms with Gasteiger partial charge in [-0.25, -0.2) is 0 Å². The second-order valence-corrected chi connectivity index (χ2v) is 7.25. The molecule has 2 aliphatic heterocycles. The molecule has 0 N–H and O–H groups in total. The Balaban J connectivity index is 0.00000133. The third kappa shape index (κ3) is 4.12. The average Bonchev–Trinajstić information content (AvgIpc) is 2.49. The fraction of sp³-hybridized carbons (Fsp3) is 0.571. The van der Waals surface area contributed by atoms with Crippen molar-refractivity contribution in [3.63, 3.8) is 0 Å². The van der Waals surface area contributed by atoms with Crippen LogP contribution in [0.2, 0.25) is 0 Å². The van der Waals surface area contributed by atoms with Crippen LogP contribution in [0.15, 0.2) is 18.2 Å². The van der Waals surface area contributed by atoms with Gasteiger partial charge < -0.3 is 9.64 Å². The van der Waals surface area contributed by atoms with E-state index in [0.717, 1.165) is 26.3 Å². The summed E-state index contributed by atoms with van der Waals surface area (Å²) in [6, 6.07) is 10.1. The summed E-state index contributed by atoms with van der Waals surface area (Å²) in [5.74, 6) is 2.58. The molecule has 2 aliphatic rings. The van der Waals surface area contributed by atoms with Crippen LogP contribution < -0.4 is 23.8 Å². The van der Waals surface area contributed by atoms with Gasteiger partial charge >= 0.3 is 18.9 Å². The standard InChI is InChI=1S/C14H18NOS2.Li/c1-10-17-14(18-11-1)12-2-4-13(5-3-12)15-6-8-16-9-7-15;/h2,4-5,14H,1,6-11H2;/q-1;+1. The molecule has 98 valence electrons. The van der Waals surface area contributed by atoms with Crippen molar-refractivity contribution in [1.29, 1.82) is 0 Å². The van der Waals surface area contributed by atoms with Crippen molar-refractivity contribution in [2.75, 3.05) is 42.7 Å². The summed E-state index contributed by atoms with van der Waals surface area (Å²) in [7, 11) is 0. The Bertz CT molecular complexity index is 339.